The number of nitrogens with zero attached hydrogens (tertiary/aromatic N) is 2. The molecule has 1 heterocycles. The minimum Gasteiger partial charge on any atom is -0.176 e. The van der Waals surface area contributed by atoms with Crippen molar-refractivity contribution in [3.05, 3.63) is 32.0 Å². The van der Waals surface area contributed by atoms with E-state index in [0.29, 0.717) is 0 Å². The number of fused-ring (bicyclic) bond motifs is 1. The molecule has 56 valence electrons. The van der Waals surface area contributed by atoms with Crippen molar-refractivity contribution in [2.24, 2.45) is 10.2 Å². The maximum absolute atomic E-state index is 4.04. The lowest BCUT2D eigenvalue weighted by atomic mass is 10.1. The molecule has 2 rings (SSSR count). The minimum absolute atomic E-state index is 0.155. The Hall–Kier alpha value is 0.0300. The van der Waals surface area contributed by atoms with E-state index in [4.69, 9.17) is 0 Å². The zero-order chi connectivity index (χ0) is 7.84. The van der Waals surface area contributed by atoms with Gasteiger partial charge in [0, 0.05) is 9.15 Å². The first kappa shape index (κ1) is 7.67. The van der Waals surface area contributed by atoms with Crippen LogP contribution in [0.2, 0.25) is 0 Å². The van der Waals surface area contributed by atoms with E-state index < -0.39 is 0 Å². The van der Waals surface area contributed by atoms with Crippen molar-refractivity contribution in [2.75, 3.05) is 0 Å². The van der Waals surface area contributed by atoms with E-state index in [1.807, 2.05) is 0 Å². The van der Waals surface area contributed by atoms with E-state index >= 15 is 0 Å². The van der Waals surface area contributed by atoms with Crippen molar-refractivity contribution in [3.8, 4) is 0 Å². The first-order valence-electron chi connectivity index (χ1n) is 3.13. The molecule has 4 heteroatoms. The number of allylic oxidation sites excluding steroid dienone is 2. The lowest BCUT2D eigenvalue weighted by Crippen LogP contribution is -2.02. The number of rotatable bonds is 0. The maximum Gasteiger partial charge on any atom is 0.134 e. The van der Waals surface area contributed by atoms with Crippen LogP contribution in [0.4, 0.5) is 0 Å². The van der Waals surface area contributed by atoms with Crippen molar-refractivity contribution in [1.29, 1.82) is 0 Å². The van der Waals surface area contributed by atoms with E-state index in [1.165, 1.54) is 3.58 Å². The molecule has 0 aromatic rings. The third-order valence-corrected chi connectivity index (χ3v) is 2.85. The van der Waals surface area contributed by atoms with Gasteiger partial charge in [0.2, 0.25) is 0 Å². The summed E-state index contributed by atoms with van der Waals surface area (Å²) in [7, 11) is 0. The molecule has 0 saturated carbocycles. The van der Waals surface area contributed by atoms with Crippen molar-refractivity contribution in [1.82, 2.24) is 0 Å². The van der Waals surface area contributed by atoms with Crippen LogP contribution in [0.25, 0.3) is 0 Å². The molecule has 0 N–H and O–H groups in total. The Morgan fingerprint density at radius 1 is 1.55 bits per heavy atom. The molecule has 0 aromatic carbocycles. The monoisotopic (exact) mass is 322 g/mol. The Morgan fingerprint density at radius 3 is 3.18 bits per heavy atom. The van der Waals surface area contributed by atoms with Crippen LogP contribution in [0.1, 0.15) is 0 Å². The van der Waals surface area contributed by atoms with Crippen LogP contribution in [0.3, 0.4) is 0 Å². The Kier molecular flexibility index (Phi) is 1.97. The van der Waals surface area contributed by atoms with E-state index in [0.717, 1.165) is 10.2 Å². The van der Waals surface area contributed by atoms with E-state index in [-0.39, 0.29) is 6.04 Å². The van der Waals surface area contributed by atoms with Crippen LogP contribution in [-0.2, 0) is 0 Å². The minimum atomic E-state index is 0.155. The Morgan fingerprint density at radius 2 is 2.36 bits per heavy atom. The van der Waals surface area contributed by atoms with Gasteiger partial charge < -0.3 is 0 Å². The number of hydrogen-bond acceptors (Lipinski definition) is 2. The Bertz CT molecular complexity index is 314. The van der Waals surface area contributed by atoms with E-state index in [9.17, 15) is 0 Å². The molecule has 0 saturated heterocycles. The summed E-state index contributed by atoms with van der Waals surface area (Å²) >= 11 is 5.62. The fraction of sp³-hybridized carbons (Fsp3) is 0.143. The summed E-state index contributed by atoms with van der Waals surface area (Å²) in [5.74, 6) is 0. The largest absolute Gasteiger partial charge is 0.176 e. The highest BCUT2D eigenvalue weighted by Crippen LogP contribution is 2.33. The van der Waals surface area contributed by atoms with Gasteiger partial charge >= 0.3 is 0 Å². The molecule has 1 aliphatic heterocycles. The van der Waals surface area contributed by atoms with Gasteiger partial charge in [-0.05, 0) is 44.6 Å². The second-order valence-corrected chi connectivity index (χ2v) is 4.29. The predicted octanol–water partition coefficient (Wildman–Crippen LogP) is 3.32. The molecule has 0 aromatic heterocycles. The van der Waals surface area contributed by atoms with Crippen LogP contribution >= 0.6 is 38.5 Å². The third kappa shape index (κ3) is 1.33. The van der Waals surface area contributed by atoms with Crippen molar-refractivity contribution < 1.29 is 0 Å². The van der Waals surface area contributed by atoms with E-state index in [2.05, 4.69) is 67.0 Å². The van der Waals surface area contributed by atoms with Gasteiger partial charge in [0.15, 0.2) is 0 Å². The van der Waals surface area contributed by atoms with Gasteiger partial charge in [-0.3, -0.25) is 0 Å². The number of halogens is 2. The number of azo groups is 1. The molecule has 2 aliphatic rings. The topological polar surface area (TPSA) is 24.7 Å². The van der Waals surface area contributed by atoms with Crippen LogP contribution in [-0.4, -0.2) is 6.04 Å². The van der Waals surface area contributed by atoms with Gasteiger partial charge in [0.25, 0.3) is 0 Å². The van der Waals surface area contributed by atoms with Gasteiger partial charge in [-0.2, -0.15) is 5.11 Å². The molecule has 0 unspecified atom stereocenters. The molecule has 0 spiro atoms. The van der Waals surface area contributed by atoms with Gasteiger partial charge in [-0.15, -0.1) is 5.11 Å². The molecule has 1 aliphatic carbocycles. The summed E-state index contributed by atoms with van der Waals surface area (Å²) in [6, 6.07) is 0.155. The molecular weight excluding hydrogens is 319 g/mol. The molecule has 0 bridgehead atoms. The average molecular weight is 323 g/mol. The highest BCUT2D eigenvalue weighted by atomic mass is 127. The Balaban J connectivity index is 2.46. The maximum atomic E-state index is 4.04. The van der Waals surface area contributed by atoms with Gasteiger partial charge in [0.05, 0.1) is 0 Å². The van der Waals surface area contributed by atoms with Crippen molar-refractivity contribution in [2.45, 2.75) is 6.04 Å². The summed E-state index contributed by atoms with van der Waals surface area (Å²) in [6.07, 6.45) is 6.20. The summed E-state index contributed by atoms with van der Waals surface area (Å²) in [6.45, 7) is 0. The second kappa shape index (κ2) is 2.82. The zero-order valence-corrected chi connectivity index (χ0v) is 9.20. The standard InChI is InChI=1S/C7H4BrIN2/c8-7-5-3-4(9)1-2-6(5)10-11-7/h1-3,6H/t6-/m1/s1. The molecule has 0 radical (unpaired) electrons. The SMILES string of the molecule is BrC1=C2C=C(I)C=C[C@H]2N=N1. The molecule has 0 amide bonds. The Labute approximate surface area is 86.4 Å². The lowest BCUT2D eigenvalue weighted by molar-refractivity contribution is 0.944. The van der Waals surface area contributed by atoms with Crippen LogP contribution in [0.5, 0.6) is 0 Å². The highest BCUT2D eigenvalue weighted by molar-refractivity contribution is 14.1. The smallest absolute Gasteiger partial charge is 0.134 e. The van der Waals surface area contributed by atoms with Crippen LogP contribution < -0.4 is 0 Å². The molecule has 1 atom stereocenters. The normalized spacial score (nSPS) is 27.5. The van der Waals surface area contributed by atoms with E-state index in [1.54, 1.807) is 0 Å². The van der Waals surface area contributed by atoms with Crippen molar-refractivity contribution in [3.63, 3.8) is 0 Å². The summed E-state index contributed by atoms with van der Waals surface area (Å²) in [5.41, 5.74) is 1.16. The molecule has 2 nitrogen and oxygen atoms in total. The fourth-order valence-electron chi connectivity index (χ4n) is 1.02. The first-order valence-corrected chi connectivity index (χ1v) is 5.00. The quantitative estimate of drug-likeness (QED) is 0.483. The molecular formula is C7H4BrIN2. The second-order valence-electron chi connectivity index (χ2n) is 2.29. The highest BCUT2D eigenvalue weighted by Gasteiger charge is 2.20. The van der Waals surface area contributed by atoms with Gasteiger partial charge in [-0.25, -0.2) is 0 Å². The van der Waals surface area contributed by atoms with Crippen molar-refractivity contribution >= 4 is 38.5 Å². The summed E-state index contributed by atoms with van der Waals surface area (Å²) in [4.78, 5) is 0. The summed E-state index contributed by atoms with van der Waals surface area (Å²) in [5, 5.41) is 7.98. The van der Waals surface area contributed by atoms with Crippen LogP contribution in [0.15, 0.2) is 42.2 Å². The first-order chi connectivity index (χ1) is 5.27. The van der Waals surface area contributed by atoms with Gasteiger partial charge in [-0.1, -0.05) is 12.2 Å². The molecule has 11 heavy (non-hydrogen) atoms. The lowest BCUT2D eigenvalue weighted by Gasteiger charge is -2.07. The third-order valence-electron chi connectivity index (χ3n) is 1.56. The average Bonchev–Trinajstić information content (AvgIpc) is 2.33. The molecule has 0 fully saturated rings. The summed E-state index contributed by atoms with van der Waals surface area (Å²) < 4.78 is 2.08. The predicted molar refractivity (Wildman–Crippen MR) is 55.8 cm³/mol. The fourth-order valence-corrected chi connectivity index (χ4v) is 2.01. The number of hydrogen-bond donors (Lipinski definition) is 0. The zero-order valence-electron chi connectivity index (χ0n) is 5.46. The van der Waals surface area contributed by atoms with Crippen LogP contribution in [0, 0.1) is 0 Å². The van der Waals surface area contributed by atoms with Gasteiger partial charge in [0.1, 0.15) is 10.6 Å².